The van der Waals surface area contributed by atoms with E-state index in [9.17, 15) is 4.79 Å². The zero-order valence-electron chi connectivity index (χ0n) is 12.6. The molecule has 0 radical (unpaired) electrons. The lowest BCUT2D eigenvalue weighted by molar-refractivity contribution is -0.126. The largest absolute Gasteiger partial charge is 0.352 e. The zero-order chi connectivity index (χ0) is 16.1. The molecule has 0 bridgehead atoms. The van der Waals surface area contributed by atoms with Crippen LogP contribution in [0, 0.1) is 11.3 Å². The first kappa shape index (κ1) is 15.3. The average Bonchev–Trinajstić information content (AvgIpc) is 3.13. The molecule has 2 aromatic rings. The van der Waals surface area contributed by atoms with Gasteiger partial charge in [-0.2, -0.15) is 5.26 Å². The molecular formula is C17H16N4OS. The van der Waals surface area contributed by atoms with Crippen molar-refractivity contribution in [1.82, 2.24) is 9.88 Å². The summed E-state index contributed by atoms with van der Waals surface area (Å²) < 4.78 is 0. The molecule has 1 saturated heterocycles. The molecule has 0 aromatic carbocycles. The first-order chi connectivity index (χ1) is 11.3. The van der Waals surface area contributed by atoms with E-state index in [1.54, 1.807) is 35.7 Å². The number of aromatic nitrogens is 1. The minimum Gasteiger partial charge on any atom is -0.352 e. The van der Waals surface area contributed by atoms with Crippen molar-refractivity contribution in [3.05, 3.63) is 52.4 Å². The van der Waals surface area contributed by atoms with Gasteiger partial charge in [-0.3, -0.25) is 4.79 Å². The highest BCUT2D eigenvalue weighted by atomic mass is 32.1. The topological polar surface area (TPSA) is 60.2 Å². The van der Waals surface area contributed by atoms with E-state index in [2.05, 4.69) is 16.0 Å². The van der Waals surface area contributed by atoms with Gasteiger partial charge in [-0.25, -0.2) is 4.98 Å². The van der Waals surface area contributed by atoms with Crippen molar-refractivity contribution < 1.29 is 4.79 Å². The molecular weight excluding hydrogens is 308 g/mol. The molecule has 23 heavy (non-hydrogen) atoms. The minimum absolute atomic E-state index is 0.0274. The SMILES string of the molecule is N#Cc1cccnc1N1CCN(C(=O)/C=C/c2cccs2)CC1. The van der Waals surface area contributed by atoms with Crippen LogP contribution < -0.4 is 4.90 Å². The van der Waals surface area contributed by atoms with E-state index in [0.29, 0.717) is 37.6 Å². The van der Waals surface area contributed by atoms with E-state index in [0.717, 1.165) is 4.88 Å². The van der Waals surface area contributed by atoms with E-state index >= 15 is 0 Å². The van der Waals surface area contributed by atoms with Gasteiger partial charge in [0.25, 0.3) is 0 Å². The summed E-state index contributed by atoms with van der Waals surface area (Å²) in [6.07, 6.45) is 5.17. The van der Waals surface area contributed by atoms with E-state index in [1.165, 1.54) is 0 Å². The summed E-state index contributed by atoms with van der Waals surface area (Å²) in [5, 5.41) is 11.1. The third-order valence-electron chi connectivity index (χ3n) is 3.73. The maximum Gasteiger partial charge on any atom is 0.246 e. The summed E-state index contributed by atoms with van der Waals surface area (Å²) in [5.41, 5.74) is 0.574. The van der Waals surface area contributed by atoms with Crippen LogP contribution >= 0.6 is 11.3 Å². The maximum atomic E-state index is 12.2. The van der Waals surface area contributed by atoms with E-state index in [4.69, 9.17) is 5.26 Å². The molecule has 3 rings (SSSR count). The second-order valence-corrected chi connectivity index (χ2v) is 6.13. The quantitative estimate of drug-likeness (QED) is 0.813. The van der Waals surface area contributed by atoms with Crippen LogP contribution in [-0.2, 0) is 4.79 Å². The van der Waals surface area contributed by atoms with Crippen molar-refractivity contribution in [1.29, 1.82) is 5.26 Å². The number of hydrogen-bond acceptors (Lipinski definition) is 5. The van der Waals surface area contributed by atoms with Gasteiger partial charge < -0.3 is 9.80 Å². The lowest BCUT2D eigenvalue weighted by atomic mass is 10.2. The van der Waals surface area contributed by atoms with Gasteiger partial charge in [-0.15, -0.1) is 11.3 Å². The van der Waals surface area contributed by atoms with Crippen LogP contribution in [0.25, 0.3) is 6.08 Å². The molecule has 5 nitrogen and oxygen atoms in total. The van der Waals surface area contributed by atoms with Crippen molar-refractivity contribution in [3.63, 3.8) is 0 Å². The van der Waals surface area contributed by atoms with Gasteiger partial charge in [0, 0.05) is 43.3 Å². The van der Waals surface area contributed by atoms with Crippen LogP contribution in [0.5, 0.6) is 0 Å². The lowest BCUT2D eigenvalue weighted by Gasteiger charge is -2.35. The van der Waals surface area contributed by atoms with Gasteiger partial charge in [0.2, 0.25) is 5.91 Å². The van der Waals surface area contributed by atoms with Gasteiger partial charge >= 0.3 is 0 Å². The fraction of sp³-hybridized carbons (Fsp3) is 0.235. The molecule has 0 N–H and O–H groups in total. The number of carbonyl (C=O) groups excluding carboxylic acids is 1. The molecule has 0 unspecified atom stereocenters. The summed E-state index contributed by atoms with van der Waals surface area (Å²) in [6, 6.07) is 9.65. The summed E-state index contributed by atoms with van der Waals surface area (Å²) in [5.74, 6) is 0.732. The number of carbonyl (C=O) groups is 1. The number of pyridine rings is 1. The molecule has 2 aromatic heterocycles. The predicted octanol–water partition coefficient (Wildman–Crippen LogP) is 2.38. The number of anilines is 1. The summed E-state index contributed by atoms with van der Waals surface area (Å²) in [4.78, 5) is 21.5. The number of amides is 1. The van der Waals surface area contributed by atoms with Crippen molar-refractivity contribution in [2.75, 3.05) is 31.1 Å². The molecule has 116 valence electrons. The number of thiophene rings is 1. The van der Waals surface area contributed by atoms with Gasteiger partial charge in [-0.05, 0) is 29.7 Å². The second-order valence-electron chi connectivity index (χ2n) is 5.15. The Balaban J connectivity index is 1.60. The van der Waals surface area contributed by atoms with Gasteiger partial charge in [0.05, 0.1) is 5.56 Å². The smallest absolute Gasteiger partial charge is 0.246 e. The molecule has 0 atom stereocenters. The molecule has 3 heterocycles. The average molecular weight is 324 g/mol. The van der Waals surface area contributed by atoms with Crippen molar-refractivity contribution in [3.8, 4) is 6.07 Å². The molecule has 0 aliphatic carbocycles. The molecule has 1 amide bonds. The van der Waals surface area contributed by atoms with Gasteiger partial charge in [0.1, 0.15) is 11.9 Å². The van der Waals surface area contributed by atoms with E-state index in [-0.39, 0.29) is 5.91 Å². The standard InChI is InChI=1S/C17H16N4OS/c18-13-14-3-1-7-19-17(14)21-10-8-20(9-11-21)16(22)6-5-15-4-2-12-23-15/h1-7,12H,8-11H2/b6-5+. The summed E-state index contributed by atoms with van der Waals surface area (Å²) in [7, 11) is 0. The lowest BCUT2D eigenvalue weighted by Crippen LogP contribution is -2.48. The van der Waals surface area contributed by atoms with Crippen molar-refractivity contribution in [2.24, 2.45) is 0 Å². The molecule has 1 aliphatic rings. The van der Waals surface area contributed by atoms with Crippen LogP contribution in [0.2, 0.25) is 0 Å². The minimum atomic E-state index is 0.0274. The highest BCUT2D eigenvalue weighted by Gasteiger charge is 2.22. The third kappa shape index (κ3) is 3.58. The Morgan fingerprint density at radius 1 is 1.26 bits per heavy atom. The van der Waals surface area contributed by atoms with Crippen molar-refractivity contribution in [2.45, 2.75) is 0 Å². The predicted molar refractivity (Wildman–Crippen MR) is 91.1 cm³/mol. The zero-order valence-corrected chi connectivity index (χ0v) is 13.4. The number of nitriles is 1. The first-order valence-corrected chi connectivity index (χ1v) is 8.26. The maximum absolute atomic E-state index is 12.2. The normalized spacial score (nSPS) is 14.9. The second kappa shape index (κ2) is 7.07. The molecule has 1 fully saturated rings. The van der Waals surface area contributed by atoms with E-state index < -0.39 is 0 Å². The van der Waals surface area contributed by atoms with Gasteiger partial charge in [-0.1, -0.05) is 6.07 Å². The monoisotopic (exact) mass is 324 g/mol. The Kier molecular flexibility index (Phi) is 4.69. The Bertz CT molecular complexity index is 740. The molecule has 0 spiro atoms. The molecule has 6 heteroatoms. The Labute approximate surface area is 139 Å². The summed E-state index contributed by atoms with van der Waals surface area (Å²) in [6.45, 7) is 2.64. The van der Waals surface area contributed by atoms with Crippen LogP contribution in [0.3, 0.4) is 0 Å². The van der Waals surface area contributed by atoms with Crippen LogP contribution in [0.1, 0.15) is 10.4 Å². The fourth-order valence-corrected chi connectivity index (χ4v) is 3.14. The molecule has 1 aliphatic heterocycles. The Morgan fingerprint density at radius 2 is 2.09 bits per heavy atom. The Morgan fingerprint density at radius 3 is 2.78 bits per heavy atom. The highest BCUT2D eigenvalue weighted by Crippen LogP contribution is 2.18. The van der Waals surface area contributed by atoms with Crippen LogP contribution in [0.15, 0.2) is 41.9 Å². The Hall–Kier alpha value is -2.65. The number of piperazine rings is 1. The molecule has 0 saturated carbocycles. The third-order valence-corrected chi connectivity index (χ3v) is 4.57. The highest BCUT2D eigenvalue weighted by molar-refractivity contribution is 7.10. The van der Waals surface area contributed by atoms with Crippen LogP contribution in [-0.4, -0.2) is 42.0 Å². The number of rotatable bonds is 3. The first-order valence-electron chi connectivity index (χ1n) is 7.38. The van der Waals surface area contributed by atoms with E-state index in [1.807, 2.05) is 28.5 Å². The van der Waals surface area contributed by atoms with Gasteiger partial charge in [0.15, 0.2) is 0 Å². The number of nitrogens with zero attached hydrogens (tertiary/aromatic N) is 4. The van der Waals surface area contributed by atoms with Crippen molar-refractivity contribution >= 4 is 29.1 Å². The summed E-state index contributed by atoms with van der Waals surface area (Å²) >= 11 is 1.61. The number of hydrogen-bond donors (Lipinski definition) is 0. The van der Waals surface area contributed by atoms with Crippen LogP contribution in [0.4, 0.5) is 5.82 Å². The fourth-order valence-electron chi connectivity index (χ4n) is 2.52.